The minimum atomic E-state index is 0.0557. The Morgan fingerprint density at radius 2 is 1.74 bits per heavy atom. The van der Waals surface area contributed by atoms with Gasteiger partial charge in [-0.15, -0.1) is 0 Å². The van der Waals surface area contributed by atoms with Crippen LogP contribution in [0, 0.1) is 20.8 Å². The van der Waals surface area contributed by atoms with E-state index in [2.05, 4.69) is 78.0 Å². The van der Waals surface area contributed by atoms with Gasteiger partial charge in [-0.3, -0.25) is 4.98 Å². The molecule has 4 nitrogen and oxygen atoms in total. The molecule has 0 bridgehead atoms. The van der Waals surface area contributed by atoms with E-state index in [0.29, 0.717) is 6.04 Å². The van der Waals surface area contributed by atoms with Gasteiger partial charge in [0.25, 0.3) is 0 Å². The molecular weight excluding hydrogens is 400 g/mol. The molecule has 0 amide bonds. The Morgan fingerprint density at radius 3 is 2.45 bits per heavy atom. The maximum Gasteiger partial charge on any atom is 0.170 e. The molecule has 1 saturated carbocycles. The van der Waals surface area contributed by atoms with Crippen molar-refractivity contribution in [2.24, 2.45) is 0 Å². The van der Waals surface area contributed by atoms with Crippen LogP contribution in [0.4, 0.5) is 0 Å². The summed E-state index contributed by atoms with van der Waals surface area (Å²) in [6.45, 7) is 6.64. The van der Waals surface area contributed by atoms with Gasteiger partial charge < -0.3 is 14.8 Å². The van der Waals surface area contributed by atoms with Crippen LogP contribution in [-0.4, -0.2) is 25.6 Å². The summed E-state index contributed by atoms with van der Waals surface area (Å²) in [5.41, 5.74) is 7.47. The predicted octanol–water partition coefficient (Wildman–Crippen LogP) is 5.71. The Bertz CT molecular complexity index is 1100. The van der Waals surface area contributed by atoms with Crippen molar-refractivity contribution in [3.63, 3.8) is 0 Å². The van der Waals surface area contributed by atoms with Crippen LogP contribution in [0.2, 0.25) is 0 Å². The number of aromatic nitrogens is 2. The zero-order chi connectivity index (χ0) is 21.5. The lowest BCUT2D eigenvalue weighted by Gasteiger charge is -2.33. The fourth-order valence-corrected chi connectivity index (χ4v) is 5.94. The molecule has 3 aromatic rings. The molecule has 31 heavy (non-hydrogen) atoms. The van der Waals surface area contributed by atoms with Crippen molar-refractivity contribution in [1.29, 1.82) is 0 Å². The second kappa shape index (κ2) is 8.12. The predicted molar refractivity (Wildman–Crippen MR) is 130 cm³/mol. The van der Waals surface area contributed by atoms with Crippen LogP contribution in [-0.2, 0) is 0 Å². The zero-order valence-corrected chi connectivity index (χ0v) is 19.3. The van der Waals surface area contributed by atoms with E-state index in [1.165, 1.54) is 53.9 Å². The molecule has 160 valence electrons. The normalized spacial score (nSPS) is 21.6. The fourth-order valence-electron chi connectivity index (χ4n) is 5.55. The first-order valence-corrected chi connectivity index (χ1v) is 11.7. The lowest BCUT2D eigenvalue weighted by atomic mass is 9.95. The third kappa shape index (κ3) is 3.45. The summed E-state index contributed by atoms with van der Waals surface area (Å²) >= 11 is 5.91. The Labute approximate surface area is 190 Å². The number of benzene rings is 1. The molecule has 1 N–H and O–H groups in total. The van der Waals surface area contributed by atoms with E-state index in [1.807, 2.05) is 12.3 Å². The Balaban J connectivity index is 1.65. The number of hydrogen-bond acceptors (Lipinski definition) is 2. The highest BCUT2D eigenvalue weighted by atomic mass is 32.1. The first kappa shape index (κ1) is 20.3. The van der Waals surface area contributed by atoms with Gasteiger partial charge in [-0.1, -0.05) is 37.1 Å². The molecule has 1 saturated heterocycles. The Kier molecular flexibility index (Phi) is 5.30. The SMILES string of the molecule is Cc1ccccc1-n1c(C)cc(C2C(c3ccccn3)NC(=S)N2C2CCCC2)c1C. The number of para-hydroxylation sites is 1. The van der Waals surface area contributed by atoms with Crippen LogP contribution < -0.4 is 5.32 Å². The van der Waals surface area contributed by atoms with Gasteiger partial charge in [-0.2, -0.15) is 0 Å². The second-order valence-electron chi connectivity index (χ2n) is 8.92. The molecule has 1 aromatic carbocycles. The van der Waals surface area contributed by atoms with E-state index in [1.54, 1.807) is 0 Å². The maximum absolute atomic E-state index is 5.91. The van der Waals surface area contributed by atoms with Crippen LogP contribution >= 0.6 is 12.2 Å². The summed E-state index contributed by atoms with van der Waals surface area (Å²) in [6.07, 6.45) is 6.87. The van der Waals surface area contributed by atoms with E-state index in [-0.39, 0.29) is 12.1 Å². The second-order valence-corrected chi connectivity index (χ2v) is 9.31. The largest absolute Gasteiger partial charge is 0.352 e. The Morgan fingerprint density at radius 1 is 1.00 bits per heavy atom. The average Bonchev–Trinajstić information content (AvgIpc) is 3.47. The van der Waals surface area contributed by atoms with Crippen LogP contribution in [0.15, 0.2) is 54.7 Å². The third-order valence-electron chi connectivity index (χ3n) is 7.00. The molecule has 2 aromatic heterocycles. The molecule has 3 heterocycles. The third-order valence-corrected chi connectivity index (χ3v) is 7.33. The molecule has 2 unspecified atom stereocenters. The maximum atomic E-state index is 5.91. The van der Waals surface area contributed by atoms with Crippen LogP contribution in [0.5, 0.6) is 0 Å². The van der Waals surface area contributed by atoms with Gasteiger partial charge in [0.1, 0.15) is 0 Å². The van der Waals surface area contributed by atoms with Crippen molar-refractivity contribution < 1.29 is 0 Å². The van der Waals surface area contributed by atoms with E-state index in [0.717, 1.165) is 10.8 Å². The molecule has 2 fully saturated rings. The minimum Gasteiger partial charge on any atom is -0.352 e. The number of aryl methyl sites for hydroxylation is 2. The monoisotopic (exact) mass is 430 g/mol. The number of nitrogens with zero attached hydrogens (tertiary/aromatic N) is 3. The summed E-state index contributed by atoms with van der Waals surface area (Å²) < 4.78 is 2.40. The molecule has 1 aliphatic heterocycles. The molecule has 5 heteroatoms. The number of nitrogens with one attached hydrogen (secondary N) is 1. The van der Waals surface area contributed by atoms with Gasteiger partial charge in [0.05, 0.1) is 17.8 Å². The number of hydrogen-bond donors (Lipinski definition) is 1. The highest BCUT2D eigenvalue weighted by Crippen LogP contribution is 2.44. The van der Waals surface area contributed by atoms with Gasteiger partial charge in [0.2, 0.25) is 0 Å². The number of thiocarbonyl (C=S) groups is 1. The Hall–Kier alpha value is -2.66. The van der Waals surface area contributed by atoms with Gasteiger partial charge in [0, 0.05) is 29.3 Å². The standard InChI is InChI=1S/C26H30N4S/c1-17-10-4-7-14-23(17)29-18(2)16-21(19(29)3)25-24(22-13-8-9-15-27-22)28-26(31)30(25)20-11-5-6-12-20/h4,7-10,13-16,20,24-25H,5-6,11-12H2,1-3H3,(H,28,31). The van der Waals surface area contributed by atoms with Gasteiger partial charge in [-0.05, 0) is 81.2 Å². The first-order valence-electron chi connectivity index (χ1n) is 11.3. The summed E-state index contributed by atoms with van der Waals surface area (Å²) in [5.74, 6) is 0. The number of pyridine rings is 1. The summed E-state index contributed by atoms with van der Waals surface area (Å²) in [7, 11) is 0. The fraction of sp³-hybridized carbons (Fsp3) is 0.385. The molecule has 5 rings (SSSR count). The summed E-state index contributed by atoms with van der Waals surface area (Å²) in [5, 5.41) is 4.51. The molecule has 1 aliphatic carbocycles. The zero-order valence-electron chi connectivity index (χ0n) is 18.5. The van der Waals surface area contributed by atoms with Crippen molar-refractivity contribution >= 4 is 17.3 Å². The smallest absolute Gasteiger partial charge is 0.170 e. The highest BCUT2D eigenvalue weighted by molar-refractivity contribution is 7.80. The van der Waals surface area contributed by atoms with Crippen molar-refractivity contribution in [1.82, 2.24) is 19.8 Å². The molecule has 2 aliphatic rings. The highest BCUT2D eigenvalue weighted by Gasteiger charge is 2.44. The molecule has 0 radical (unpaired) electrons. The lowest BCUT2D eigenvalue weighted by Crippen LogP contribution is -2.37. The summed E-state index contributed by atoms with van der Waals surface area (Å²) in [4.78, 5) is 7.20. The average molecular weight is 431 g/mol. The topological polar surface area (TPSA) is 33.1 Å². The number of rotatable bonds is 4. The van der Waals surface area contributed by atoms with Crippen molar-refractivity contribution in [3.05, 3.63) is 82.9 Å². The van der Waals surface area contributed by atoms with E-state index in [4.69, 9.17) is 17.2 Å². The van der Waals surface area contributed by atoms with Gasteiger partial charge in [0.15, 0.2) is 5.11 Å². The summed E-state index contributed by atoms with van der Waals surface area (Å²) in [6, 6.07) is 17.8. The quantitative estimate of drug-likeness (QED) is 0.537. The van der Waals surface area contributed by atoms with E-state index in [9.17, 15) is 0 Å². The van der Waals surface area contributed by atoms with E-state index < -0.39 is 0 Å². The van der Waals surface area contributed by atoms with Crippen LogP contribution in [0.1, 0.15) is 66.0 Å². The van der Waals surface area contributed by atoms with Crippen molar-refractivity contribution in [2.75, 3.05) is 0 Å². The molecule has 0 spiro atoms. The van der Waals surface area contributed by atoms with Crippen LogP contribution in [0.3, 0.4) is 0 Å². The lowest BCUT2D eigenvalue weighted by molar-refractivity contribution is 0.245. The van der Waals surface area contributed by atoms with Gasteiger partial charge in [-0.25, -0.2) is 0 Å². The molecular formula is C26H30N4S. The van der Waals surface area contributed by atoms with E-state index >= 15 is 0 Å². The first-order chi connectivity index (χ1) is 15.1. The minimum absolute atomic E-state index is 0.0557. The van der Waals surface area contributed by atoms with Gasteiger partial charge >= 0.3 is 0 Å². The molecule has 2 atom stereocenters. The van der Waals surface area contributed by atoms with Crippen molar-refractivity contribution in [2.45, 2.75) is 64.6 Å². The van der Waals surface area contributed by atoms with Crippen molar-refractivity contribution in [3.8, 4) is 5.69 Å². The van der Waals surface area contributed by atoms with Crippen LogP contribution in [0.25, 0.3) is 5.69 Å².